The van der Waals surface area contributed by atoms with E-state index in [1.165, 1.54) is 24.8 Å². The van der Waals surface area contributed by atoms with E-state index in [2.05, 4.69) is 39.5 Å². The highest BCUT2D eigenvalue weighted by Gasteiger charge is 2.21. The molecule has 0 spiro atoms. The normalized spacial score (nSPS) is 26.5. The Morgan fingerprint density at radius 1 is 1.55 bits per heavy atom. The van der Waals surface area contributed by atoms with Crippen molar-refractivity contribution in [1.29, 1.82) is 0 Å². The zero-order valence-corrected chi connectivity index (χ0v) is 8.62. The van der Waals surface area contributed by atoms with Gasteiger partial charge in [-0.1, -0.05) is 18.6 Å². The van der Waals surface area contributed by atoms with Crippen LogP contribution in [0.15, 0.2) is 11.6 Å². The summed E-state index contributed by atoms with van der Waals surface area (Å²) in [5, 5.41) is 0. The highest BCUT2D eigenvalue weighted by atomic mass is 32.1. The largest absolute Gasteiger partial charge is 0.169 e. The zero-order chi connectivity index (χ0) is 8.48. The van der Waals surface area contributed by atoms with Crippen LogP contribution in [-0.4, -0.2) is 4.75 Å². The topological polar surface area (TPSA) is 0 Å². The van der Waals surface area contributed by atoms with Crippen LogP contribution in [0, 0.1) is 5.92 Å². The molecular formula is C10H18S. The maximum Gasteiger partial charge on any atom is 0.0281 e. The van der Waals surface area contributed by atoms with Gasteiger partial charge in [-0.15, -0.1) is 0 Å². The van der Waals surface area contributed by atoms with Crippen molar-refractivity contribution in [3.63, 3.8) is 0 Å². The first-order valence-electron chi connectivity index (χ1n) is 4.42. The molecule has 1 atom stereocenters. The van der Waals surface area contributed by atoms with Crippen molar-refractivity contribution in [3.8, 4) is 0 Å². The number of hydrogen-bond acceptors (Lipinski definition) is 1. The minimum Gasteiger partial charge on any atom is -0.169 e. The minimum atomic E-state index is 0.111. The van der Waals surface area contributed by atoms with Gasteiger partial charge in [0.25, 0.3) is 0 Å². The van der Waals surface area contributed by atoms with Crippen LogP contribution in [0.2, 0.25) is 0 Å². The highest BCUT2D eigenvalue weighted by molar-refractivity contribution is 7.82. The summed E-state index contributed by atoms with van der Waals surface area (Å²) >= 11 is 4.56. The Kier molecular flexibility index (Phi) is 2.69. The van der Waals surface area contributed by atoms with Gasteiger partial charge in [0, 0.05) is 4.75 Å². The summed E-state index contributed by atoms with van der Waals surface area (Å²) in [5.41, 5.74) is 1.53. The summed E-state index contributed by atoms with van der Waals surface area (Å²) in [6.45, 7) is 6.68. The third-order valence-electron chi connectivity index (χ3n) is 2.46. The second-order valence-corrected chi connectivity index (χ2v) is 5.29. The molecule has 1 unspecified atom stereocenters. The molecule has 0 saturated carbocycles. The van der Waals surface area contributed by atoms with Crippen molar-refractivity contribution >= 4 is 12.6 Å². The summed E-state index contributed by atoms with van der Waals surface area (Å²) in [4.78, 5) is 0. The maximum atomic E-state index is 4.56. The molecule has 0 nitrogen and oxygen atoms in total. The SMILES string of the molecule is CC1CC=C(C(C)(C)S)CC1. The van der Waals surface area contributed by atoms with Crippen molar-refractivity contribution in [1.82, 2.24) is 0 Å². The lowest BCUT2D eigenvalue weighted by Crippen LogP contribution is -2.18. The van der Waals surface area contributed by atoms with Gasteiger partial charge in [0.2, 0.25) is 0 Å². The van der Waals surface area contributed by atoms with Crippen LogP contribution in [0.5, 0.6) is 0 Å². The Hall–Kier alpha value is 0.0900. The van der Waals surface area contributed by atoms with E-state index in [1.807, 2.05) is 0 Å². The third-order valence-corrected chi connectivity index (χ3v) is 2.75. The number of rotatable bonds is 1. The van der Waals surface area contributed by atoms with E-state index in [4.69, 9.17) is 0 Å². The lowest BCUT2D eigenvalue weighted by atomic mass is 9.86. The van der Waals surface area contributed by atoms with Crippen LogP contribution in [-0.2, 0) is 0 Å². The van der Waals surface area contributed by atoms with Crippen LogP contribution in [0.25, 0.3) is 0 Å². The predicted molar refractivity (Wildman–Crippen MR) is 54.2 cm³/mol. The Morgan fingerprint density at radius 2 is 2.18 bits per heavy atom. The molecule has 64 valence electrons. The number of thiol groups is 1. The Morgan fingerprint density at radius 3 is 2.55 bits per heavy atom. The molecule has 0 aromatic rings. The average Bonchev–Trinajstić information content (AvgIpc) is 1.86. The molecule has 0 heterocycles. The van der Waals surface area contributed by atoms with Crippen molar-refractivity contribution in [2.75, 3.05) is 0 Å². The van der Waals surface area contributed by atoms with Gasteiger partial charge < -0.3 is 0 Å². The summed E-state index contributed by atoms with van der Waals surface area (Å²) < 4.78 is 0.111. The fraction of sp³-hybridized carbons (Fsp3) is 0.800. The molecule has 0 saturated heterocycles. The molecule has 1 heteroatoms. The molecular weight excluding hydrogens is 152 g/mol. The summed E-state index contributed by atoms with van der Waals surface area (Å²) in [6.07, 6.45) is 6.22. The van der Waals surface area contributed by atoms with Gasteiger partial charge in [0.1, 0.15) is 0 Å². The fourth-order valence-corrected chi connectivity index (χ4v) is 1.72. The summed E-state index contributed by atoms with van der Waals surface area (Å²) in [6, 6.07) is 0. The van der Waals surface area contributed by atoms with E-state index in [0.717, 1.165) is 5.92 Å². The van der Waals surface area contributed by atoms with Gasteiger partial charge in [-0.3, -0.25) is 0 Å². The minimum absolute atomic E-state index is 0.111. The molecule has 0 aliphatic heterocycles. The molecule has 1 rings (SSSR count). The molecule has 0 amide bonds. The average molecular weight is 170 g/mol. The molecule has 11 heavy (non-hydrogen) atoms. The highest BCUT2D eigenvalue weighted by Crippen LogP contribution is 2.33. The molecule has 0 N–H and O–H groups in total. The monoisotopic (exact) mass is 170 g/mol. The van der Waals surface area contributed by atoms with Crippen molar-refractivity contribution < 1.29 is 0 Å². The number of allylic oxidation sites excluding steroid dienone is 1. The van der Waals surface area contributed by atoms with Crippen LogP contribution < -0.4 is 0 Å². The van der Waals surface area contributed by atoms with E-state index in [9.17, 15) is 0 Å². The van der Waals surface area contributed by atoms with Gasteiger partial charge in [-0.05, 0) is 39.0 Å². The second-order valence-electron chi connectivity index (χ2n) is 4.17. The maximum absolute atomic E-state index is 4.56. The van der Waals surface area contributed by atoms with E-state index in [-0.39, 0.29) is 4.75 Å². The molecule has 0 bridgehead atoms. The quantitative estimate of drug-likeness (QED) is 0.452. The van der Waals surface area contributed by atoms with E-state index < -0.39 is 0 Å². The van der Waals surface area contributed by atoms with Crippen molar-refractivity contribution in [2.24, 2.45) is 5.92 Å². The first kappa shape index (κ1) is 9.18. The Balaban J connectivity index is 2.62. The first-order chi connectivity index (χ1) is 5.00. The standard InChI is InChI=1S/C10H18S/c1-8-4-6-9(7-5-8)10(2,3)11/h6,8,11H,4-5,7H2,1-3H3. The smallest absolute Gasteiger partial charge is 0.0281 e. The van der Waals surface area contributed by atoms with Gasteiger partial charge in [0.05, 0.1) is 0 Å². The van der Waals surface area contributed by atoms with Crippen LogP contribution in [0.3, 0.4) is 0 Å². The Bertz CT molecular complexity index is 162. The molecule has 0 aromatic carbocycles. The number of hydrogen-bond donors (Lipinski definition) is 1. The fourth-order valence-electron chi connectivity index (χ4n) is 1.52. The summed E-state index contributed by atoms with van der Waals surface area (Å²) in [7, 11) is 0. The second kappa shape index (κ2) is 3.22. The summed E-state index contributed by atoms with van der Waals surface area (Å²) in [5.74, 6) is 0.884. The van der Waals surface area contributed by atoms with Gasteiger partial charge in [-0.2, -0.15) is 12.6 Å². The molecule has 0 aromatic heterocycles. The Labute approximate surface area is 75.5 Å². The molecule has 0 fully saturated rings. The first-order valence-corrected chi connectivity index (χ1v) is 4.87. The van der Waals surface area contributed by atoms with E-state index >= 15 is 0 Å². The van der Waals surface area contributed by atoms with E-state index in [0.29, 0.717) is 0 Å². The van der Waals surface area contributed by atoms with Crippen LogP contribution in [0.1, 0.15) is 40.0 Å². The van der Waals surface area contributed by atoms with Gasteiger partial charge in [-0.25, -0.2) is 0 Å². The third kappa shape index (κ3) is 2.55. The molecule has 0 radical (unpaired) electrons. The molecule has 1 aliphatic carbocycles. The predicted octanol–water partition coefficient (Wildman–Crippen LogP) is 3.44. The van der Waals surface area contributed by atoms with Crippen molar-refractivity contribution in [2.45, 2.75) is 44.8 Å². The van der Waals surface area contributed by atoms with Crippen molar-refractivity contribution in [3.05, 3.63) is 11.6 Å². The van der Waals surface area contributed by atoms with Gasteiger partial charge >= 0.3 is 0 Å². The van der Waals surface area contributed by atoms with Gasteiger partial charge in [0.15, 0.2) is 0 Å². The van der Waals surface area contributed by atoms with Crippen LogP contribution >= 0.6 is 12.6 Å². The zero-order valence-electron chi connectivity index (χ0n) is 7.72. The lowest BCUT2D eigenvalue weighted by Gasteiger charge is -2.27. The van der Waals surface area contributed by atoms with E-state index in [1.54, 1.807) is 0 Å². The lowest BCUT2D eigenvalue weighted by molar-refractivity contribution is 0.498. The van der Waals surface area contributed by atoms with Crippen LogP contribution in [0.4, 0.5) is 0 Å². The molecule has 1 aliphatic rings.